The van der Waals surface area contributed by atoms with Crippen LogP contribution in [0.2, 0.25) is 0 Å². The summed E-state index contributed by atoms with van der Waals surface area (Å²) in [6.45, 7) is 0. The van der Waals surface area contributed by atoms with Crippen LogP contribution in [0.4, 0.5) is 0 Å². The predicted octanol–water partition coefficient (Wildman–Crippen LogP) is 12.0. The molecule has 45 heavy (non-hydrogen) atoms. The normalized spacial score (nSPS) is 12.4. The molecule has 4 aromatic heterocycles. The fourth-order valence-corrected chi connectivity index (χ4v) is 9.33. The Labute approximate surface area is 261 Å². The first-order chi connectivity index (χ1) is 22.3. The van der Waals surface area contributed by atoms with E-state index in [1.165, 1.54) is 96.9 Å². The zero-order valence-corrected chi connectivity index (χ0v) is 25.0. The number of benzene rings is 7. The molecule has 11 rings (SSSR count). The number of fused-ring (bicyclic) bond motifs is 12. The summed E-state index contributed by atoms with van der Waals surface area (Å²) in [6.07, 6.45) is 0. The Morgan fingerprint density at radius 2 is 0.911 bits per heavy atom. The number of nitrogens with zero attached hydrogens (tertiary/aromatic N) is 2. The Kier molecular flexibility index (Phi) is 4.49. The smallest absolute Gasteiger partial charge is 0.0640 e. The van der Waals surface area contributed by atoms with Crippen molar-refractivity contribution in [2.45, 2.75) is 0 Å². The van der Waals surface area contributed by atoms with E-state index in [9.17, 15) is 0 Å². The molecule has 0 bridgehead atoms. The van der Waals surface area contributed by atoms with Crippen LogP contribution in [0, 0.1) is 0 Å². The van der Waals surface area contributed by atoms with E-state index in [1.54, 1.807) is 0 Å². The van der Waals surface area contributed by atoms with Crippen molar-refractivity contribution in [3.05, 3.63) is 146 Å². The van der Waals surface area contributed by atoms with Gasteiger partial charge in [-0.25, -0.2) is 0 Å². The Morgan fingerprint density at radius 1 is 0.378 bits per heavy atom. The van der Waals surface area contributed by atoms with Gasteiger partial charge in [0.2, 0.25) is 0 Å². The highest BCUT2D eigenvalue weighted by molar-refractivity contribution is 7.26. The van der Waals surface area contributed by atoms with Crippen molar-refractivity contribution in [3.8, 4) is 16.8 Å². The van der Waals surface area contributed by atoms with Crippen LogP contribution < -0.4 is 0 Å². The molecule has 0 N–H and O–H groups in total. The van der Waals surface area contributed by atoms with E-state index in [0.717, 1.165) is 0 Å². The largest absolute Gasteiger partial charge is 0.308 e. The molecule has 0 spiro atoms. The van der Waals surface area contributed by atoms with Crippen LogP contribution in [0.25, 0.3) is 96.9 Å². The van der Waals surface area contributed by atoms with E-state index >= 15 is 0 Å². The molecular weight excluding hydrogens is 565 g/mol. The molecule has 0 aliphatic carbocycles. The summed E-state index contributed by atoms with van der Waals surface area (Å²) in [5, 5.41) is 10.5. The van der Waals surface area contributed by atoms with Crippen molar-refractivity contribution < 1.29 is 0 Å². The zero-order valence-electron chi connectivity index (χ0n) is 24.2. The van der Waals surface area contributed by atoms with E-state index in [0.29, 0.717) is 0 Å². The average molecular weight is 589 g/mol. The molecule has 0 aliphatic rings. The Balaban J connectivity index is 1.20. The quantitative estimate of drug-likeness (QED) is 0.190. The average Bonchev–Trinajstić information content (AvgIpc) is 3.84. The summed E-state index contributed by atoms with van der Waals surface area (Å²) in [4.78, 5) is 0. The minimum Gasteiger partial charge on any atom is -0.308 e. The van der Waals surface area contributed by atoms with Crippen molar-refractivity contribution in [2.75, 3.05) is 0 Å². The van der Waals surface area contributed by atoms with E-state index in [4.69, 9.17) is 0 Å². The number of thiophene rings is 1. The van der Waals surface area contributed by atoms with Gasteiger partial charge in [0, 0.05) is 47.8 Å². The maximum atomic E-state index is 2.48. The molecule has 0 radical (unpaired) electrons. The van der Waals surface area contributed by atoms with Crippen molar-refractivity contribution in [1.82, 2.24) is 8.97 Å². The molecule has 0 fully saturated rings. The first-order valence-corrected chi connectivity index (χ1v) is 16.3. The fraction of sp³-hybridized carbons (Fsp3) is 0. The third-order valence-electron chi connectivity index (χ3n) is 9.86. The van der Waals surface area contributed by atoms with Crippen molar-refractivity contribution in [3.63, 3.8) is 0 Å². The van der Waals surface area contributed by atoms with Gasteiger partial charge in [-0.05, 0) is 41.5 Å². The summed E-state index contributed by atoms with van der Waals surface area (Å²) in [7, 11) is 0. The van der Waals surface area contributed by atoms with Gasteiger partial charge in [0.25, 0.3) is 0 Å². The van der Waals surface area contributed by atoms with Gasteiger partial charge >= 0.3 is 0 Å². The molecule has 0 unspecified atom stereocenters. The van der Waals surface area contributed by atoms with Crippen LogP contribution in [0.3, 0.4) is 0 Å². The van der Waals surface area contributed by atoms with Gasteiger partial charge in [-0.3, -0.25) is 0 Å². The molecule has 0 aliphatic heterocycles. The van der Waals surface area contributed by atoms with Crippen LogP contribution in [0.5, 0.6) is 0 Å². The standard InChI is InChI=1S/C42H24N2S/c1-4-18-35-27(10-1)28-11-2-5-19-36(28)43(35)38-21-9-17-34-33-16-7-13-26(41(33)45-42(34)38)25-22-23-30-32-15-8-14-31-29-12-3-6-20-37(29)44(40(31)32)39(30)24-25/h1-24H. The lowest BCUT2D eigenvalue weighted by molar-refractivity contribution is 1.20. The van der Waals surface area contributed by atoms with E-state index < -0.39 is 0 Å². The number of para-hydroxylation sites is 4. The van der Waals surface area contributed by atoms with E-state index in [1.807, 2.05) is 11.3 Å². The maximum absolute atomic E-state index is 2.48. The number of rotatable bonds is 2. The molecule has 0 saturated heterocycles. The predicted molar refractivity (Wildman–Crippen MR) is 194 cm³/mol. The monoisotopic (exact) mass is 588 g/mol. The highest BCUT2D eigenvalue weighted by Gasteiger charge is 2.20. The lowest BCUT2D eigenvalue weighted by Gasteiger charge is -2.09. The molecule has 0 saturated carbocycles. The van der Waals surface area contributed by atoms with Gasteiger partial charge in [0.05, 0.1) is 38.0 Å². The molecule has 0 amide bonds. The van der Waals surface area contributed by atoms with Crippen molar-refractivity contribution in [2.24, 2.45) is 0 Å². The molecule has 208 valence electrons. The van der Waals surface area contributed by atoms with Gasteiger partial charge in [0.15, 0.2) is 0 Å². The summed E-state index contributed by atoms with van der Waals surface area (Å²) >= 11 is 1.92. The van der Waals surface area contributed by atoms with Crippen LogP contribution in [-0.2, 0) is 0 Å². The summed E-state index contributed by atoms with van der Waals surface area (Å²) < 4.78 is 7.58. The minimum atomic E-state index is 1.24. The zero-order chi connectivity index (χ0) is 29.2. The second-order valence-corrected chi connectivity index (χ2v) is 13.1. The minimum absolute atomic E-state index is 1.24. The van der Waals surface area contributed by atoms with Crippen molar-refractivity contribution >= 4 is 91.4 Å². The highest BCUT2D eigenvalue weighted by atomic mass is 32.1. The topological polar surface area (TPSA) is 9.34 Å². The van der Waals surface area contributed by atoms with Crippen LogP contribution in [0.15, 0.2) is 146 Å². The Morgan fingerprint density at radius 3 is 1.64 bits per heavy atom. The Bertz CT molecular complexity index is 2930. The third kappa shape index (κ3) is 2.98. The lowest BCUT2D eigenvalue weighted by Crippen LogP contribution is -1.93. The lowest BCUT2D eigenvalue weighted by atomic mass is 10.0. The summed E-state index contributed by atoms with van der Waals surface area (Å²) in [5.74, 6) is 0. The second-order valence-electron chi connectivity index (χ2n) is 12.1. The molecule has 2 nitrogen and oxygen atoms in total. The number of aromatic nitrogens is 2. The molecule has 11 aromatic rings. The van der Waals surface area contributed by atoms with Gasteiger partial charge < -0.3 is 8.97 Å². The van der Waals surface area contributed by atoms with Gasteiger partial charge in [-0.2, -0.15) is 0 Å². The molecule has 7 aromatic carbocycles. The highest BCUT2D eigenvalue weighted by Crippen LogP contribution is 2.45. The van der Waals surface area contributed by atoms with Gasteiger partial charge in [-0.15, -0.1) is 11.3 Å². The van der Waals surface area contributed by atoms with Gasteiger partial charge in [-0.1, -0.05) is 115 Å². The first-order valence-electron chi connectivity index (χ1n) is 15.5. The number of hydrogen-bond acceptors (Lipinski definition) is 1. The molecular formula is C42H24N2S. The maximum Gasteiger partial charge on any atom is 0.0640 e. The first kappa shape index (κ1) is 23.8. The molecule has 4 heterocycles. The fourth-order valence-electron chi connectivity index (χ4n) is 7.99. The van der Waals surface area contributed by atoms with Gasteiger partial charge in [0.1, 0.15) is 0 Å². The Hall–Kier alpha value is -5.64. The van der Waals surface area contributed by atoms with Crippen LogP contribution >= 0.6 is 11.3 Å². The molecule has 3 heteroatoms. The number of hydrogen-bond donors (Lipinski definition) is 0. The third-order valence-corrected chi connectivity index (χ3v) is 11.1. The SMILES string of the molecule is c1cc(-c2ccc3c4cccc5c6ccccc6n(c3c2)c54)c2sc3c(-n4c5ccccc5c5ccccc54)cccc3c2c1. The summed E-state index contributed by atoms with van der Waals surface area (Å²) in [6, 6.07) is 53.7. The van der Waals surface area contributed by atoms with E-state index in [-0.39, 0.29) is 0 Å². The second kappa shape index (κ2) is 8.50. The van der Waals surface area contributed by atoms with E-state index in [2.05, 4.69) is 155 Å². The van der Waals surface area contributed by atoms with Crippen molar-refractivity contribution in [1.29, 1.82) is 0 Å². The van der Waals surface area contributed by atoms with Crippen LogP contribution in [-0.4, -0.2) is 8.97 Å². The summed E-state index contributed by atoms with van der Waals surface area (Å²) in [5.41, 5.74) is 10.1. The van der Waals surface area contributed by atoms with Crippen LogP contribution in [0.1, 0.15) is 0 Å². The molecule has 0 atom stereocenters.